The minimum atomic E-state index is -3.38. The van der Waals surface area contributed by atoms with Gasteiger partial charge in [-0.2, -0.15) is 0 Å². The third-order valence-corrected chi connectivity index (χ3v) is 4.89. The van der Waals surface area contributed by atoms with Crippen molar-refractivity contribution in [1.82, 2.24) is 4.90 Å². The Morgan fingerprint density at radius 3 is 2.83 bits per heavy atom. The van der Waals surface area contributed by atoms with Crippen molar-refractivity contribution in [1.29, 1.82) is 0 Å². The molecule has 0 fully saturated rings. The quantitative estimate of drug-likeness (QED) is 0.895. The number of amides is 1. The summed E-state index contributed by atoms with van der Waals surface area (Å²) in [5.74, 6) is 0.0641. The second-order valence-electron chi connectivity index (χ2n) is 5.62. The highest BCUT2D eigenvalue weighted by Crippen LogP contribution is 2.20. The molecule has 1 N–H and O–H groups in total. The number of rotatable bonds is 2. The molecule has 1 aromatic rings. The van der Waals surface area contributed by atoms with Crippen LogP contribution in [0.5, 0.6) is 0 Å². The number of amidine groups is 1. The summed E-state index contributed by atoms with van der Waals surface area (Å²) in [5.41, 5.74) is 3.28. The van der Waals surface area contributed by atoms with Crippen LogP contribution in [0.3, 0.4) is 0 Å². The standard InChI is InChI=1S/C16H17N3O3S/c1-11-3-4-12(2)14(9-11)17-16(20)13-5-6-15-18-23(21,22)8-7-19(15)10-13/h3-6,9-10H,7-8H2,1-2H3,(H,17,20). The predicted octanol–water partition coefficient (Wildman–Crippen LogP) is 1.74. The summed E-state index contributed by atoms with van der Waals surface area (Å²) in [6.07, 6.45) is 4.76. The van der Waals surface area contributed by atoms with E-state index in [0.717, 1.165) is 16.8 Å². The fourth-order valence-electron chi connectivity index (χ4n) is 2.40. The van der Waals surface area contributed by atoms with E-state index >= 15 is 0 Å². The van der Waals surface area contributed by atoms with Crippen LogP contribution in [0.25, 0.3) is 0 Å². The Morgan fingerprint density at radius 1 is 1.26 bits per heavy atom. The van der Waals surface area contributed by atoms with Crippen molar-refractivity contribution < 1.29 is 13.2 Å². The molecule has 0 aromatic heterocycles. The normalized spacial score (nSPS) is 18.8. The SMILES string of the molecule is Cc1ccc(C)c(NC(=O)C2=CN3CCS(=O)(=O)N=C3C=C2)c1. The lowest BCUT2D eigenvalue weighted by atomic mass is 10.1. The fraction of sp³-hybridized carbons (Fsp3) is 0.250. The first-order chi connectivity index (χ1) is 10.8. The molecule has 0 bridgehead atoms. The summed E-state index contributed by atoms with van der Waals surface area (Å²) in [6.45, 7) is 4.19. The molecule has 0 radical (unpaired) electrons. The Hall–Kier alpha value is -2.41. The lowest BCUT2D eigenvalue weighted by molar-refractivity contribution is -0.112. The predicted molar refractivity (Wildman–Crippen MR) is 89.7 cm³/mol. The Kier molecular flexibility index (Phi) is 3.81. The van der Waals surface area contributed by atoms with Crippen molar-refractivity contribution in [2.75, 3.05) is 17.6 Å². The van der Waals surface area contributed by atoms with Gasteiger partial charge in [-0.25, -0.2) is 8.42 Å². The van der Waals surface area contributed by atoms with E-state index in [4.69, 9.17) is 0 Å². The highest BCUT2D eigenvalue weighted by Gasteiger charge is 2.25. The minimum absolute atomic E-state index is 0.0489. The summed E-state index contributed by atoms with van der Waals surface area (Å²) in [4.78, 5) is 14.1. The molecule has 0 spiro atoms. The van der Waals surface area contributed by atoms with Crippen molar-refractivity contribution in [3.05, 3.63) is 53.3 Å². The Balaban J connectivity index is 1.81. The smallest absolute Gasteiger partial charge is 0.257 e. The van der Waals surface area contributed by atoms with Crippen LogP contribution in [0.1, 0.15) is 11.1 Å². The molecule has 0 saturated carbocycles. The first-order valence-electron chi connectivity index (χ1n) is 7.22. The van der Waals surface area contributed by atoms with E-state index in [9.17, 15) is 13.2 Å². The van der Waals surface area contributed by atoms with E-state index in [1.54, 1.807) is 23.3 Å². The lowest BCUT2D eigenvalue weighted by Gasteiger charge is -2.27. The molecule has 0 atom stereocenters. The summed E-state index contributed by atoms with van der Waals surface area (Å²) < 4.78 is 26.7. The van der Waals surface area contributed by atoms with Crippen LogP contribution in [0.2, 0.25) is 0 Å². The minimum Gasteiger partial charge on any atom is -0.330 e. The van der Waals surface area contributed by atoms with Gasteiger partial charge in [0.25, 0.3) is 15.9 Å². The number of fused-ring (bicyclic) bond motifs is 1. The number of carbonyl (C=O) groups is 1. The third kappa shape index (κ3) is 3.34. The molecule has 3 rings (SSSR count). The maximum Gasteiger partial charge on any atom is 0.257 e. The van der Waals surface area contributed by atoms with Crippen molar-refractivity contribution in [3.63, 3.8) is 0 Å². The van der Waals surface area contributed by atoms with Gasteiger partial charge in [-0.05, 0) is 43.2 Å². The lowest BCUT2D eigenvalue weighted by Crippen LogP contribution is -2.37. The monoisotopic (exact) mass is 331 g/mol. The molecular formula is C16H17N3O3S. The number of hydrogen-bond donors (Lipinski definition) is 1. The average molecular weight is 331 g/mol. The summed E-state index contributed by atoms with van der Waals surface area (Å²) in [6, 6.07) is 5.86. The summed E-state index contributed by atoms with van der Waals surface area (Å²) in [5, 5.41) is 2.89. The molecule has 6 nitrogen and oxygen atoms in total. The molecule has 0 saturated heterocycles. The molecule has 0 unspecified atom stereocenters. The van der Waals surface area contributed by atoms with Gasteiger partial charge in [0.05, 0.1) is 11.3 Å². The van der Waals surface area contributed by atoms with Crippen molar-refractivity contribution in [2.24, 2.45) is 4.40 Å². The number of benzene rings is 1. The molecule has 120 valence electrons. The van der Waals surface area contributed by atoms with Gasteiger partial charge in [0.1, 0.15) is 5.84 Å². The summed E-state index contributed by atoms with van der Waals surface area (Å²) >= 11 is 0. The van der Waals surface area contributed by atoms with E-state index in [0.29, 0.717) is 18.0 Å². The zero-order valence-electron chi connectivity index (χ0n) is 12.9. The van der Waals surface area contributed by atoms with E-state index in [1.807, 2.05) is 32.0 Å². The second-order valence-corrected chi connectivity index (χ2v) is 7.37. The maximum absolute atomic E-state index is 12.4. The molecule has 0 aliphatic carbocycles. The van der Waals surface area contributed by atoms with Gasteiger partial charge in [0, 0.05) is 18.4 Å². The number of hydrogen-bond acceptors (Lipinski definition) is 4. The number of carbonyl (C=O) groups excluding carboxylic acids is 1. The Morgan fingerprint density at radius 2 is 2.04 bits per heavy atom. The zero-order chi connectivity index (χ0) is 16.6. The van der Waals surface area contributed by atoms with Crippen molar-refractivity contribution >= 4 is 27.5 Å². The van der Waals surface area contributed by atoms with Crippen LogP contribution in [0, 0.1) is 13.8 Å². The molecule has 23 heavy (non-hydrogen) atoms. The van der Waals surface area contributed by atoms with E-state index in [1.165, 1.54) is 0 Å². The molecule has 2 heterocycles. The number of nitrogens with zero attached hydrogens (tertiary/aromatic N) is 2. The molecular weight excluding hydrogens is 314 g/mol. The second kappa shape index (κ2) is 5.66. The molecule has 7 heteroatoms. The van der Waals surface area contributed by atoms with Gasteiger partial charge in [-0.1, -0.05) is 12.1 Å². The average Bonchev–Trinajstić information content (AvgIpc) is 2.49. The highest BCUT2D eigenvalue weighted by atomic mass is 32.2. The van der Waals surface area contributed by atoms with Crippen LogP contribution in [0.4, 0.5) is 5.69 Å². The zero-order valence-corrected chi connectivity index (χ0v) is 13.7. The number of sulfonamides is 1. The molecule has 1 aromatic carbocycles. The summed E-state index contributed by atoms with van der Waals surface area (Å²) in [7, 11) is -3.38. The first-order valence-corrected chi connectivity index (χ1v) is 8.83. The number of nitrogens with one attached hydrogen (secondary N) is 1. The van der Waals surface area contributed by atoms with Gasteiger partial charge in [0.2, 0.25) is 0 Å². The number of anilines is 1. The van der Waals surface area contributed by atoms with Crippen LogP contribution < -0.4 is 5.32 Å². The van der Waals surface area contributed by atoms with Gasteiger partial charge < -0.3 is 10.2 Å². The van der Waals surface area contributed by atoms with Gasteiger partial charge in [0.15, 0.2) is 0 Å². The molecule has 2 aliphatic rings. The van der Waals surface area contributed by atoms with Gasteiger partial charge >= 0.3 is 0 Å². The maximum atomic E-state index is 12.4. The van der Waals surface area contributed by atoms with Crippen LogP contribution in [-0.2, 0) is 14.8 Å². The van der Waals surface area contributed by atoms with Crippen LogP contribution in [-0.4, -0.2) is 37.4 Å². The van der Waals surface area contributed by atoms with Crippen LogP contribution >= 0.6 is 0 Å². The first kappa shape index (κ1) is 15.5. The largest absolute Gasteiger partial charge is 0.330 e. The van der Waals surface area contributed by atoms with Crippen molar-refractivity contribution in [3.8, 4) is 0 Å². The fourth-order valence-corrected chi connectivity index (χ4v) is 3.37. The Bertz CT molecular complexity index is 867. The molecule has 2 aliphatic heterocycles. The third-order valence-electron chi connectivity index (χ3n) is 3.73. The number of aryl methyl sites for hydroxylation is 2. The van der Waals surface area contributed by atoms with E-state index in [-0.39, 0.29) is 11.7 Å². The van der Waals surface area contributed by atoms with E-state index < -0.39 is 10.0 Å². The van der Waals surface area contributed by atoms with Gasteiger partial charge in [-0.3, -0.25) is 4.79 Å². The Labute approximate surface area is 135 Å². The molecule has 1 amide bonds. The van der Waals surface area contributed by atoms with E-state index in [2.05, 4.69) is 9.71 Å². The van der Waals surface area contributed by atoms with Crippen molar-refractivity contribution in [2.45, 2.75) is 13.8 Å². The van der Waals surface area contributed by atoms with Crippen LogP contribution in [0.15, 0.2) is 46.5 Å². The highest BCUT2D eigenvalue weighted by molar-refractivity contribution is 7.90. The van der Waals surface area contributed by atoms with Gasteiger partial charge in [-0.15, -0.1) is 4.40 Å². The topological polar surface area (TPSA) is 78.8 Å².